The van der Waals surface area contributed by atoms with E-state index in [4.69, 9.17) is 21.5 Å². The third-order valence-corrected chi connectivity index (χ3v) is 3.67. The molecule has 104 valence electrons. The minimum Gasteiger partial charge on any atom is -0.487 e. The fourth-order valence-electron chi connectivity index (χ4n) is 1.81. The summed E-state index contributed by atoms with van der Waals surface area (Å²) < 4.78 is 6.55. The quantitative estimate of drug-likeness (QED) is 0.487. The summed E-state index contributed by atoms with van der Waals surface area (Å²) in [5.74, 6) is 0.593. The molecule has 0 unspecified atom stereocenters. The van der Waals surface area contributed by atoms with Gasteiger partial charge in [0.05, 0.1) is 10.7 Å². The molecule has 2 aromatic carbocycles. The van der Waals surface area contributed by atoms with Gasteiger partial charge in [0, 0.05) is 10.6 Å². The van der Waals surface area contributed by atoms with Gasteiger partial charge in [-0.05, 0) is 46.1 Å². The van der Waals surface area contributed by atoms with Crippen LogP contribution in [0.5, 0.6) is 5.75 Å². The number of rotatable bonds is 4. The minimum atomic E-state index is 0.430. The van der Waals surface area contributed by atoms with Crippen LogP contribution in [0.15, 0.2) is 46.0 Å². The van der Waals surface area contributed by atoms with Crippen molar-refractivity contribution in [1.82, 2.24) is 0 Å². The standard InChI is InChI=1S/C15H13BrClNO2/c1-10-4-2-3-5-11(10)9-20-15-12(8-18-19)6-13(17)7-14(15)16/h2-8,19H,9H2,1H3. The molecule has 0 saturated carbocycles. The maximum atomic E-state index is 8.71. The molecular weight excluding hydrogens is 342 g/mol. The molecule has 5 heteroatoms. The SMILES string of the molecule is Cc1ccccc1COc1c(Br)cc(Cl)cc1C=NO. The maximum absolute atomic E-state index is 8.71. The second-order valence-corrected chi connectivity index (χ2v) is 5.56. The summed E-state index contributed by atoms with van der Waals surface area (Å²) in [4.78, 5) is 0. The van der Waals surface area contributed by atoms with Crippen molar-refractivity contribution >= 4 is 33.7 Å². The zero-order chi connectivity index (χ0) is 14.5. The molecule has 2 rings (SSSR count). The van der Waals surface area contributed by atoms with Gasteiger partial charge in [-0.2, -0.15) is 0 Å². The van der Waals surface area contributed by atoms with Gasteiger partial charge in [-0.25, -0.2) is 0 Å². The molecular formula is C15H13BrClNO2. The van der Waals surface area contributed by atoms with Crippen molar-refractivity contribution in [3.8, 4) is 5.75 Å². The molecule has 0 fully saturated rings. The summed E-state index contributed by atoms with van der Waals surface area (Å²) in [6.07, 6.45) is 1.30. The Morgan fingerprint density at radius 1 is 1.35 bits per heavy atom. The first kappa shape index (κ1) is 14.9. The van der Waals surface area contributed by atoms with Gasteiger partial charge in [0.2, 0.25) is 0 Å². The topological polar surface area (TPSA) is 41.8 Å². The van der Waals surface area contributed by atoms with E-state index in [0.717, 1.165) is 11.1 Å². The van der Waals surface area contributed by atoms with Crippen molar-refractivity contribution in [2.45, 2.75) is 13.5 Å². The van der Waals surface area contributed by atoms with Gasteiger partial charge >= 0.3 is 0 Å². The first-order valence-electron chi connectivity index (χ1n) is 5.95. The highest BCUT2D eigenvalue weighted by Gasteiger charge is 2.10. The van der Waals surface area contributed by atoms with Gasteiger partial charge in [-0.1, -0.05) is 41.0 Å². The Kier molecular flexibility index (Phi) is 5.04. The smallest absolute Gasteiger partial charge is 0.142 e. The Balaban J connectivity index is 2.27. The largest absolute Gasteiger partial charge is 0.487 e. The molecule has 0 atom stereocenters. The Morgan fingerprint density at radius 2 is 2.10 bits per heavy atom. The predicted molar refractivity (Wildman–Crippen MR) is 84.0 cm³/mol. The number of hydrogen-bond acceptors (Lipinski definition) is 3. The fraction of sp³-hybridized carbons (Fsp3) is 0.133. The Bertz CT molecular complexity index is 644. The molecule has 3 nitrogen and oxygen atoms in total. The summed E-state index contributed by atoms with van der Waals surface area (Å²) in [6.45, 7) is 2.46. The van der Waals surface area contributed by atoms with E-state index in [1.54, 1.807) is 12.1 Å². The molecule has 0 bridgehead atoms. The van der Waals surface area contributed by atoms with Crippen LogP contribution in [-0.2, 0) is 6.61 Å². The van der Waals surface area contributed by atoms with Gasteiger partial charge in [-0.15, -0.1) is 0 Å². The van der Waals surface area contributed by atoms with Gasteiger partial charge in [0.25, 0.3) is 0 Å². The first-order valence-corrected chi connectivity index (χ1v) is 7.12. The number of nitrogens with zero attached hydrogens (tertiary/aromatic N) is 1. The van der Waals surface area contributed by atoms with E-state index in [1.165, 1.54) is 6.21 Å². The third-order valence-electron chi connectivity index (χ3n) is 2.87. The van der Waals surface area contributed by atoms with E-state index in [1.807, 2.05) is 31.2 Å². The molecule has 0 saturated heterocycles. The predicted octanol–water partition coefficient (Wildman–Crippen LogP) is 4.80. The summed E-state index contributed by atoms with van der Waals surface area (Å²) in [5.41, 5.74) is 2.87. The zero-order valence-electron chi connectivity index (χ0n) is 10.8. The molecule has 1 N–H and O–H groups in total. The molecule has 0 radical (unpaired) electrons. The number of aryl methyl sites for hydroxylation is 1. The van der Waals surface area contributed by atoms with Crippen LogP contribution in [0, 0.1) is 6.92 Å². The third kappa shape index (κ3) is 3.52. The minimum absolute atomic E-state index is 0.430. The monoisotopic (exact) mass is 353 g/mol. The molecule has 0 aliphatic heterocycles. The lowest BCUT2D eigenvalue weighted by molar-refractivity contribution is 0.301. The van der Waals surface area contributed by atoms with Gasteiger partial charge < -0.3 is 9.94 Å². The molecule has 0 amide bonds. The van der Waals surface area contributed by atoms with E-state index in [0.29, 0.717) is 27.4 Å². The number of benzene rings is 2. The fourth-order valence-corrected chi connectivity index (χ4v) is 2.76. The molecule has 2 aromatic rings. The number of hydrogen-bond donors (Lipinski definition) is 1. The summed E-state index contributed by atoms with van der Waals surface area (Å²) in [6, 6.07) is 11.4. The average Bonchev–Trinajstić information content (AvgIpc) is 2.40. The summed E-state index contributed by atoms with van der Waals surface area (Å²) in [7, 11) is 0. The molecule has 0 aromatic heterocycles. The highest BCUT2D eigenvalue weighted by Crippen LogP contribution is 2.32. The second kappa shape index (κ2) is 6.77. The van der Waals surface area contributed by atoms with Crippen molar-refractivity contribution in [2.75, 3.05) is 0 Å². The summed E-state index contributed by atoms with van der Waals surface area (Å²) in [5, 5.41) is 12.3. The average molecular weight is 355 g/mol. The van der Waals surface area contributed by atoms with Gasteiger partial charge in [0.1, 0.15) is 12.4 Å². The Labute approximate surface area is 131 Å². The number of oxime groups is 1. The molecule has 0 spiro atoms. The maximum Gasteiger partial charge on any atom is 0.142 e. The van der Waals surface area contributed by atoms with E-state index >= 15 is 0 Å². The first-order chi connectivity index (χ1) is 9.61. The van der Waals surface area contributed by atoms with E-state index in [9.17, 15) is 0 Å². The van der Waals surface area contributed by atoms with Gasteiger partial charge in [0.15, 0.2) is 0 Å². The molecule has 0 aliphatic rings. The van der Waals surface area contributed by atoms with Crippen molar-refractivity contribution in [2.24, 2.45) is 5.16 Å². The van der Waals surface area contributed by atoms with Crippen LogP contribution in [0.4, 0.5) is 0 Å². The zero-order valence-corrected chi connectivity index (χ0v) is 13.1. The summed E-state index contributed by atoms with van der Waals surface area (Å²) >= 11 is 9.38. The molecule has 0 heterocycles. The van der Waals surface area contributed by atoms with Crippen LogP contribution in [0.2, 0.25) is 5.02 Å². The van der Waals surface area contributed by atoms with Crippen molar-refractivity contribution in [3.63, 3.8) is 0 Å². The van der Waals surface area contributed by atoms with E-state index < -0.39 is 0 Å². The van der Waals surface area contributed by atoms with E-state index in [-0.39, 0.29) is 0 Å². The number of ether oxygens (including phenoxy) is 1. The molecule has 20 heavy (non-hydrogen) atoms. The van der Waals surface area contributed by atoms with Crippen LogP contribution < -0.4 is 4.74 Å². The van der Waals surface area contributed by atoms with Crippen molar-refractivity contribution in [3.05, 3.63) is 62.6 Å². The van der Waals surface area contributed by atoms with Crippen LogP contribution >= 0.6 is 27.5 Å². The molecule has 0 aliphatic carbocycles. The lowest BCUT2D eigenvalue weighted by Gasteiger charge is -2.13. The normalized spacial score (nSPS) is 10.9. The highest BCUT2D eigenvalue weighted by molar-refractivity contribution is 9.10. The van der Waals surface area contributed by atoms with Crippen molar-refractivity contribution in [1.29, 1.82) is 0 Å². The van der Waals surface area contributed by atoms with Crippen LogP contribution in [-0.4, -0.2) is 11.4 Å². The Morgan fingerprint density at radius 3 is 2.80 bits per heavy atom. The lowest BCUT2D eigenvalue weighted by atomic mass is 10.1. The van der Waals surface area contributed by atoms with Crippen LogP contribution in [0.3, 0.4) is 0 Å². The highest BCUT2D eigenvalue weighted by atomic mass is 79.9. The van der Waals surface area contributed by atoms with Crippen LogP contribution in [0.25, 0.3) is 0 Å². The van der Waals surface area contributed by atoms with Crippen molar-refractivity contribution < 1.29 is 9.94 Å². The van der Waals surface area contributed by atoms with Gasteiger partial charge in [-0.3, -0.25) is 0 Å². The Hall–Kier alpha value is -1.52. The van der Waals surface area contributed by atoms with E-state index in [2.05, 4.69) is 21.1 Å². The lowest BCUT2D eigenvalue weighted by Crippen LogP contribution is -2.01. The second-order valence-electron chi connectivity index (χ2n) is 4.27. The number of halogens is 2. The van der Waals surface area contributed by atoms with Crippen LogP contribution in [0.1, 0.15) is 16.7 Å².